The lowest BCUT2D eigenvalue weighted by Crippen LogP contribution is -2.60. The predicted molar refractivity (Wildman–Crippen MR) is 129 cm³/mol. The van der Waals surface area contributed by atoms with Gasteiger partial charge >= 0.3 is 5.97 Å². The summed E-state index contributed by atoms with van der Waals surface area (Å²) < 4.78 is 4.67. The maximum atomic E-state index is 14.2. The Morgan fingerprint density at radius 1 is 1.36 bits per heavy atom. The number of amides is 2. The molecule has 8 heteroatoms. The van der Waals surface area contributed by atoms with Crippen molar-refractivity contribution in [3.05, 3.63) is 25.3 Å². The first-order valence-electron chi connectivity index (χ1n) is 12.0. The molecule has 33 heavy (non-hydrogen) atoms. The maximum Gasteiger partial charge on any atom is 0.311 e. The Bertz CT molecular complexity index is 804. The van der Waals surface area contributed by atoms with E-state index in [0.29, 0.717) is 6.54 Å². The number of ether oxygens (including phenoxy) is 1. The lowest BCUT2D eigenvalue weighted by Gasteiger charge is -2.42. The highest BCUT2D eigenvalue weighted by Crippen LogP contribution is 2.69. The minimum Gasteiger partial charge on any atom is -0.461 e. The van der Waals surface area contributed by atoms with Crippen molar-refractivity contribution < 1.29 is 24.2 Å². The van der Waals surface area contributed by atoms with Crippen molar-refractivity contribution in [3.8, 4) is 0 Å². The number of aliphatic hydroxyl groups excluding tert-OH is 1. The number of aliphatic hydroxyl groups is 1. The van der Waals surface area contributed by atoms with Crippen LogP contribution in [-0.4, -0.2) is 80.6 Å². The first-order valence-corrected chi connectivity index (χ1v) is 12.9. The van der Waals surface area contributed by atoms with Gasteiger partial charge in [0.1, 0.15) is 12.6 Å². The fraction of sp³-hybridized carbons (Fsp3) is 0.720. The lowest BCUT2D eigenvalue weighted by molar-refractivity contribution is -0.154. The van der Waals surface area contributed by atoms with Gasteiger partial charge in [0.05, 0.1) is 29.2 Å². The molecule has 0 aliphatic carbocycles. The van der Waals surface area contributed by atoms with Gasteiger partial charge in [0, 0.05) is 17.8 Å². The monoisotopic (exact) mass is 478 g/mol. The Labute approximate surface area is 201 Å². The van der Waals surface area contributed by atoms with Crippen molar-refractivity contribution >= 4 is 29.5 Å². The zero-order valence-electron chi connectivity index (χ0n) is 20.2. The van der Waals surface area contributed by atoms with E-state index in [-0.39, 0.29) is 42.2 Å². The second-order valence-electron chi connectivity index (χ2n) is 9.67. The number of carbonyl (C=O) groups is 3. The summed E-state index contributed by atoms with van der Waals surface area (Å²) >= 11 is 1.62. The largest absolute Gasteiger partial charge is 0.461 e. The van der Waals surface area contributed by atoms with Crippen molar-refractivity contribution in [1.29, 1.82) is 0 Å². The van der Waals surface area contributed by atoms with Gasteiger partial charge in [-0.3, -0.25) is 14.4 Å². The van der Waals surface area contributed by atoms with Crippen molar-refractivity contribution in [2.24, 2.45) is 17.8 Å². The molecule has 3 aliphatic heterocycles. The Hall–Kier alpha value is -1.80. The highest BCUT2D eigenvalue weighted by Gasteiger charge is 2.77. The van der Waals surface area contributed by atoms with E-state index in [9.17, 15) is 19.5 Å². The Kier molecular flexibility index (Phi) is 7.99. The number of thioether (sulfide) groups is 1. The number of esters is 1. The zero-order valence-corrected chi connectivity index (χ0v) is 21.1. The number of fused-ring (bicyclic) bond motifs is 1. The Morgan fingerprint density at radius 3 is 2.64 bits per heavy atom. The van der Waals surface area contributed by atoms with Crippen molar-refractivity contribution in [2.45, 2.75) is 75.1 Å². The Morgan fingerprint density at radius 2 is 2.06 bits per heavy atom. The molecule has 0 aromatic carbocycles. The molecule has 0 saturated carbocycles. The van der Waals surface area contributed by atoms with Gasteiger partial charge in [0.25, 0.3) is 0 Å². The average molecular weight is 479 g/mol. The van der Waals surface area contributed by atoms with Gasteiger partial charge in [0.2, 0.25) is 11.8 Å². The van der Waals surface area contributed by atoms with Crippen LogP contribution in [0.5, 0.6) is 0 Å². The molecule has 4 unspecified atom stereocenters. The molecule has 0 radical (unpaired) electrons. The van der Waals surface area contributed by atoms with Crippen LogP contribution in [0.25, 0.3) is 0 Å². The third-order valence-corrected chi connectivity index (χ3v) is 9.70. The molecule has 1 N–H and O–H groups in total. The number of hydrogen-bond acceptors (Lipinski definition) is 6. The molecule has 7 nitrogen and oxygen atoms in total. The van der Waals surface area contributed by atoms with E-state index in [1.165, 1.54) is 6.08 Å². The third-order valence-electron chi connectivity index (χ3n) is 7.62. The molecule has 8 atom stereocenters. The van der Waals surface area contributed by atoms with Gasteiger partial charge < -0.3 is 19.6 Å². The summed E-state index contributed by atoms with van der Waals surface area (Å²) in [6, 6.07) is -1.28. The van der Waals surface area contributed by atoms with E-state index >= 15 is 0 Å². The van der Waals surface area contributed by atoms with Crippen LogP contribution in [0.2, 0.25) is 0 Å². The number of hydrogen-bond donors (Lipinski definition) is 1. The van der Waals surface area contributed by atoms with E-state index < -0.39 is 34.6 Å². The smallest absolute Gasteiger partial charge is 0.311 e. The van der Waals surface area contributed by atoms with Gasteiger partial charge in [-0.2, -0.15) is 0 Å². The van der Waals surface area contributed by atoms with Crippen LogP contribution in [0.4, 0.5) is 0 Å². The van der Waals surface area contributed by atoms with Crippen LogP contribution in [0.1, 0.15) is 47.0 Å². The van der Waals surface area contributed by atoms with Gasteiger partial charge in [0.15, 0.2) is 0 Å². The van der Waals surface area contributed by atoms with Crippen LogP contribution < -0.4 is 0 Å². The first kappa shape index (κ1) is 25.8. The van der Waals surface area contributed by atoms with Crippen LogP contribution in [0.15, 0.2) is 25.3 Å². The summed E-state index contributed by atoms with van der Waals surface area (Å²) in [6.45, 7) is 15.6. The summed E-state index contributed by atoms with van der Waals surface area (Å²) in [5.74, 6) is -1.89. The third kappa shape index (κ3) is 4.03. The number of likely N-dealkylation sites (tertiary alicyclic amines) is 1. The minimum atomic E-state index is -0.737. The van der Waals surface area contributed by atoms with Crippen LogP contribution >= 0.6 is 11.8 Å². The maximum absolute atomic E-state index is 14.2. The molecule has 3 heterocycles. The van der Waals surface area contributed by atoms with E-state index in [4.69, 9.17) is 4.74 Å². The van der Waals surface area contributed by atoms with Crippen LogP contribution in [0, 0.1) is 17.8 Å². The highest BCUT2D eigenvalue weighted by atomic mass is 32.2. The zero-order chi connectivity index (χ0) is 24.5. The van der Waals surface area contributed by atoms with Crippen molar-refractivity contribution in [1.82, 2.24) is 9.80 Å². The Balaban J connectivity index is 2.09. The fourth-order valence-electron chi connectivity index (χ4n) is 6.16. The number of rotatable bonds is 11. The predicted octanol–water partition coefficient (Wildman–Crippen LogP) is 2.64. The van der Waals surface area contributed by atoms with Crippen LogP contribution in [0.3, 0.4) is 0 Å². The molecule has 3 saturated heterocycles. The molecule has 0 aromatic rings. The molecule has 3 aliphatic rings. The highest BCUT2D eigenvalue weighted by molar-refractivity contribution is 8.02. The standard InChI is InChI=1S/C25H38N2O5S/c1-7-10-16(5)26(11-8-2)23(30)21-25-15(4)13-18(33-25)19(24(31)32-12-9-3)20(25)22(29)27(21)17(6)14-28/h8-9,15-21,28H,2-3,7,10-14H2,1,4-6H3/t15?,16?,17-,18-,19+,20+,21?,25?/m1/s1. The number of nitrogens with zero attached hydrogens (tertiary/aromatic N) is 2. The van der Waals surface area contributed by atoms with Crippen molar-refractivity contribution in [3.63, 3.8) is 0 Å². The van der Waals surface area contributed by atoms with Crippen molar-refractivity contribution in [2.75, 3.05) is 19.8 Å². The summed E-state index contributed by atoms with van der Waals surface area (Å²) in [5, 5.41) is 9.93. The second kappa shape index (κ2) is 10.2. The van der Waals surface area contributed by atoms with Gasteiger partial charge in [-0.15, -0.1) is 18.3 Å². The molecule has 3 fully saturated rings. The molecular weight excluding hydrogens is 440 g/mol. The average Bonchev–Trinajstić information content (AvgIpc) is 3.38. The summed E-state index contributed by atoms with van der Waals surface area (Å²) in [5.41, 5.74) is 0. The van der Waals surface area contributed by atoms with E-state index in [2.05, 4.69) is 27.0 Å². The van der Waals surface area contributed by atoms with E-state index in [1.807, 2.05) is 11.8 Å². The minimum absolute atomic E-state index is 0.00963. The molecule has 3 rings (SSSR count). The van der Waals surface area contributed by atoms with E-state index in [0.717, 1.165) is 19.3 Å². The SMILES string of the molecule is C=CCOC(=O)[C@@H]1[C@H]2C(=O)N([C@H](C)CO)C(C(=O)N(CC=C)C(C)CCC)C23S[C@@H]1CC3C. The van der Waals surface area contributed by atoms with Gasteiger partial charge in [-0.25, -0.2) is 0 Å². The molecule has 2 amide bonds. The number of carbonyl (C=O) groups excluding carboxylic acids is 3. The fourth-order valence-corrected chi connectivity index (χ4v) is 8.55. The normalized spacial score (nSPS) is 34.0. The van der Waals surface area contributed by atoms with E-state index in [1.54, 1.807) is 29.7 Å². The van der Waals surface area contributed by atoms with Gasteiger partial charge in [-0.1, -0.05) is 39.0 Å². The summed E-state index contributed by atoms with van der Waals surface area (Å²) in [6.07, 6.45) is 5.75. The molecule has 184 valence electrons. The molecule has 0 aromatic heterocycles. The topological polar surface area (TPSA) is 87.1 Å². The van der Waals surface area contributed by atoms with Gasteiger partial charge in [-0.05, 0) is 32.6 Å². The quantitative estimate of drug-likeness (QED) is 0.363. The first-order chi connectivity index (χ1) is 15.7. The summed E-state index contributed by atoms with van der Waals surface area (Å²) in [4.78, 5) is 44.5. The van der Waals surface area contributed by atoms with Crippen LogP contribution in [-0.2, 0) is 19.1 Å². The summed E-state index contributed by atoms with van der Waals surface area (Å²) in [7, 11) is 0. The molecule has 2 bridgehead atoms. The lowest BCUT2D eigenvalue weighted by atomic mass is 9.66. The molecular formula is C25H38N2O5S. The second-order valence-corrected chi connectivity index (χ2v) is 11.2. The molecule has 1 spiro atoms.